The quantitative estimate of drug-likeness (QED) is 0.620. The molecule has 1 fully saturated rings. The predicted octanol–water partition coefficient (Wildman–Crippen LogP) is 3.28. The van der Waals surface area contributed by atoms with Crippen LogP contribution in [0.1, 0.15) is 29.0 Å². The van der Waals surface area contributed by atoms with Crippen LogP contribution in [0.3, 0.4) is 0 Å². The van der Waals surface area contributed by atoms with Gasteiger partial charge in [-0.1, -0.05) is 0 Å². The molecule has 1 atom stereocenters. The number of ether oxygens (including phenoxy) is 2. The number of aliphatic imine (C=N–C) groups is 1. The minimum Gasteiger partial charge on any atom is -0.497 e. The lowest BCUT2D eigenvalue weighted by molar-refractivity contribution is 0.392. The average molecular weight is 396 g/mol. The van der Waals surface area contributed by atoms with Gasteiger partial charge in [0, 0.05) is 44.2 Å². The van der Waals surface area contributed by atoms with Crippen molar-refractivity contribution in [1.29, 1.82) is 5.26 Å². The van der Waals surface area contributed by atoms with Crippen LogP contribution in [0, 0.1) is 17.1 Å². The number of nitriles is 1. The van der Waals surface area contributed by atoms with Gasteiger partial charge in [0.1, 0.15) is 17.3 Å². The van der Waals surface area contributed by atoms with E-state index in [0.29, 0.717) is 23.0 Å². The standard InChI is InChI=1S/C22H25FN4O2/c1-25-22(26-13-18-8-15(12-24)4-5-21(18)23)27-7-6-16(14-27)17-9-19(28-2)11-20(10-17)29-3/h4-5,8-11,16H,6-7,13-14H2,1-3H3,(H,25,26). The van der Waals surface area contributed by atoms with Gasteiger partial charge >= 0.3 is 0 Å². The molecule has 0 bridgehead atoms. The first-order valence-corrected chi connectivity index (χ1v) is 9.45. The lowest BCUT2D eigenvalue weighted by Crippen LogP contribution is -2.39. The second-order valence-electron chi connectivity index (χ2n) is 6.90. The normalized spacial score (nSPS) is 16.4. The zero-order valence-electron chi connectivity index (χ0n) is 16.9. The van der Waals surface area contributed by atoms with Crippen LogP contribution < -0.4 is 14.8 Å². The van der Waals surface area contributed by atoms with Crippen LogP contribution in [-0.2, 0) is 6.54 Å². The van der Waals surface area contributed by atoms with Crippen molar-refractivity contribution in [2.24, 2.45) is 4.99 Å². The lowest BCUT2D eigenvalue weighted by Gasteiger charge is -2.22. The van der Waals surface area contributed by atoms with Crippen LogP contribution in [0.5, 0.6) is 11.5 Å². The van der Waals surface area contributed by atoms with Gasteiger partial charge in [0.2, 0.25) is 0 Å². The molecule has 1 N–H and O–H groups in total. The molecule has 152 valence electrons. The van der Waals surface area contributed by atoms with Crippen molar-refractivity contribution < 1.29 is 13.9 Å². The molecule has 29 heavy (non-hydrogen) atoms. The van der Waals surface area contributed by atoms with E-state index in [0.717, 1.165) is 36.6 Å². The predicted molar refractivity (Wildman–Crippen MR) is 110 cm³/mol. The molecular weight excluding hydrogens is 371 g/mol. The summed E-state index contributed by atoms with van der Waals surface area (Å²) in [5.74, 6) is 2.23. The van der Waals surface area contributed by atoms with E-state index >= 15 is 0 Å². The Hall–Kier alpha value is -3.27. The molecule has 1 unspecified atom stereocenters. The maximum atomic E-state index is 14.0. The highest BCUT2D eigenvalue weighted by Crippen LogP contribution is 2.32. The molecule has 6 nitrogen and oxygen atoms in total. The van der Waals surface area contributed by atoms with Crippen LogP contribution in [0.15, 0.2) is 41.4 Å². The number of benzene rings is 2. The molecule has 1 saturated heterocycles. The van der Waals surface area contributed by atoms with E-state index in [1.165, 1.54) is 12.1 Å². The number of halogens is 1. The number of nitrogens with zero attached hydrogens (tertiary/aromatic N) is 3. The van der Waals surface area contributed by atoms with Crippen molar-refractivity contribution >= 4 is 5.96 Å². The first-order chi connectivity index (χ1) is 14.1. The van der Waals surface area contributed by atoms with E-state index in [-0.39, 0.29) is 12.4 Å². The van der Waals surface area contributed by atoms with E-state index in [1.54, 1.807) is 27.3 Å². The van der Waals surface area contributed by atoms with Crippen LogP contribution in [-0.4, -0.2) is 45.2 Å². The van der Waals surface area contributed by atoms with Gasteiger partial charge in [-0.15, -0.1) is 0 Å². The maximum Gasteiger partial charge on any atom is 0.193 e. The minimum atomic E-state index is -0.338. The zero-order valence-corrected chi connectivity index (χ0v) is 16.9. The summed E-state index contributed by atoms with van der Waals surface area (Å²) in [7, 11) is 5.00. The monoisotopic (exact) mass is 396 g/mol. The third kappa shape index (κ3) is 4.77. The van der Waals surface area contributed by atoms with Gasteiger partial charge in [0.25, 0.3) is 0 Å². The number of likely N-dealkylation sites (tertiary alicyclic amines) is 1. The minimum absolute atomic E-state index is 0.266. The van der Waals surface area contributed by atoms with E-state index < -0.39 is 0 Å². The fourth-order valence-electron chi connectivity index (χ4n) is 3.58. The largest absolute Gasteiger partial charge is 0.497 e. The number of hydrogen-bond acceptors (Lipinski definition) is 4. The van der Waals surface area contributed by atoms with Crippen molar-refractivity contribution in [3.05, 3.63) is 58.9 Å². The van der Waals surface area contributed by atoms with Crippen molar-refractivity contribution in [2.45, 2.75) is 18.9 Å². The summed E-state index contributed by atoms with van der Waals surface area (Å²) in [5.41, 5.74) is 2.04. The number of rotatable bonds is 5. The highest BCUT2D eigenvalue weighted by molar-refractivity contribution is 5.80. The van der Waals surface area contributed by atoms with Gasteiger partial charge in [0.15, 0.2) is 5.96 Å². The SMILES string of the molecule is CN=C(NCc1cc(C#N)ccc1F)N1CCC(c2cc(OC)cc(OC)c2)C1. The Balaban J connectivity index is 1.68. The van der Waals surface area contributed by atoms with Crippen LogP contribution >= 0.6 is 0 Å². The Kier molecular flexibility index (Phi) is 6.55. The van der Waals surface area contributed by atoms with E-state index in [4.69, 9.17) is 14.7 Å². The van der Waals surface area contributed by atoms with Crippen molar-refractivity contribution in [1.82, 2.24) is 10.2 Å². The molecule has 0 saturated carbocycles. The molecule has 0 aromatic heterocycles. The second kappa shape index (κ2) is 9.28. The third-order valence-electron chi connectivity index (χ3n) is 5.16. The van der Waals surface area contributed by atoms with Gasteiger partial charge < -0.3 is 19.7 Å². The molecule has 2 aromatic rings. The smallest absolute Gasteiger partial charge is 0.193 e. The molecule has 1 heterocycles. The summed E-state index contributed by atoms with van der Waals surface area (Å²) in [6.07, 6.45) is 0.968. The molecule has 0 radical (unpaired) electrons. The van der Waals surface area contributed by atoms with E-state index in [9.17, 15) is 4.39 Å². The molecule has 1 aliphatic rings. The van der Waals surface area contributed by atoms with Gasteiger partial charge in [-0.3, -0.25) is 4.99 Å². The van der Waals surface area contributed by atoms with E-state index in [2.05, 4.69) is 15.2 Å². The van der Waals surface area contributed by atoms with Gasteiger partial charge in [-0.2, -0.15) is 5.26 Å². The van der Waals surface area contributed by atoms with E-state index in [1.807, 2.05) is 24.3 Å². The molecule has 0 spiro atoms. The molecule has 1 aliphatic heterocycles. The summed E-state index contributed by atoms with van der Waals surface area (Å²) in [6, 6.07) is 12.3. The lowest BCUT2D eigenvalue weighted by atomic mass is 9.98. The summed E-state index contributed by atoms with van der Waals surface area (Å²) in [4.78, 5) is 6.50. The summed E-state index contributed by atoms with van der Waals surface area (Å²) in [6.45, 7) is 1.89. The van der Waals surface area contributed by atoms with Crippen molar-refractivity contribution in [3.8, 4) is 17.6 Å². The number of hydrogen-bond donors (Lipinski definition) is 1. The van der Waals surface area contributed by atoms with Gasteiger partial charge in [0.05, 0.1) is 25.9 Å². The first-order valence-electron chi connectivity index (χ1n) is 9.45. The Morgan fingerprint density at radius 3 is 2.59 bits per heavy atom. The fourth-order valence-corrected chi connectivity index (χ4v) is 3.58. The molecule has 0 aliphatic carbocycles. The number of guanidine groups is 1. The van der Waals surface area contributed by atoms with Crippen LogP contribution in [0.4, 0.5) is 4.39 Å². The van der Waals surface area contributed by atoms with Crippen LogP contribution in [0.2, 0.25) is 0 Å². The van der Waals surface area contributed by atoms with Gasteiger partial charge in [-0.25, -0.2) is 4.39 Å². The van der Waals surface area contributed by atoms with Crippen molar-refractivity contribution in [3.63, 3.8) is 0 Å². The molecule has 7 heteroatoms. The molecule has 0 amide bonds. The maximum absolute atomic E-state index is 14.0. The van der Waals surface area contributed by atoms with Crippen molar-refractivity contribution in [2.75, 3.05) is 34.4 Å². The van der Waals surface area contributed by atoms with Crippen LogP contribution in [0.25, 0.3) is 0 Å². The average Bonchev–Trinajstić information content (AvgIpc) is 3.25. The number of methoxy groups -OCH3 is 2. The summed E-state index contributed by atoms with van der Waals surface area (Å²) >= 11 is 0. The first kappa shape index (κ1) is 20.5. The topological polar surface area (TPSA) is 69.9 Å². The highest BCUT2D eigenvalue weighted by atomic mass is 19.1. The molecular formula is C22H25FN4O2. The number of nitrogens with one attached hydrogen (secondary N) is 1. The Bertz CT molecular complexity index is 917. The molecule has 2 aromatic carbocycles. The third-order valence-corrected chi connectivity index (χ3v) is 5.16. The molecule has 3 rings (SSSR count). The second-order valence-corrected chi connectivity index (χ2v) is 6.90. The van der Waals surface area contributed by atoms with Gasteiger partial charge in [-0.05, 0) is 42.3 Å². The fraction of sp³-hybridized carbons (Fsp3) is 0.364. The zero-order chi connectivity index (χ0) is 20.8. The summed E-state index contributed by atoms with van der Waals surface area (Å²) in [5, 5.41) is 12.2. The Labute approximate surface area is 170 Å². The Morgan fingerprint density at radius 2 is 1.97 bits per heavy atom. The highest BCUT2D eigenvalue weighted by Gasteiger charge is 2.27. The summed E-state index contributed by atoms with van der Waals surface area (Å²) < 4.78 is 24.8. The Morgan fingerprint density at radius 1 is 1.24 bits per heavy atom.